The lowest BCUT2D eigenvalue weighted by molar-refractivity contribution is 0.318. The maximum atomic E-state index is 9.98. The van der Waals surface area contributed by atoms with E-state index in [4.69, 9.17) is 10.00 Å². The van der Waals surface area contributed by atoms with Crippen LogP contribution in [-0.4, -0.2) is 27.7 Å². The molecule has 0 bridgehead atoms. The summed E-state index contributed by atoms with van der Waals surface area (Å²) in [6, 6.07) is 16.6. The average molecular weight is 450 g/mol. The maximum Gasteiger partial charge on any atom is 0.173 e. The molecule has 2 aromatic carbocycles. The quantitative estimate of drug-likeness (QED) is 0.560. The number of aromatic hydroxyl groups is 1. The van der Waals surface area contributed by atoms with Crippen molar-refractivity contribution in [3.8, 4) is 29.3 Å². The molecule has 144 valence electrons. The van der Waals surface area contributed by atoms with Crippen LogP contribution in [0.25, 0.3) is 5.69 Å². The number of phenolic OH excluding ortho intramolecular Hbond substituents is 1. The fourth-order valence-electron chi connectivity index (χ4n) is 2.69. The van der Waals surface area contributed by atoms with Crippen LogP contribution in [0.3, 0.4) is 0 Å². The van der Waals surface area contributed by atoms with E-state index in [0.717, 1.165) is 5.69 Å². The van der Waals surface area contributed by atoms with E-state index in [-0.39, 0.29) is 17.7 Å². The summed E-state index contributed by atoms with van der Waals surface area (Å²) in [7, 11) is 0. The molecule has 1 N–H and O–H groups in total. The van der Waals surface area contributed by atoms with Crippen molar-refractivity contribution in [2.24, 2.45) is 4.99 Å². The van der Waals surface area contributed by atoms with Gasteiger partial charge in [0.05, 0.1) is 30.5 Å². The summed E-state index contributed by atoms with van der Waals surface area (Å²) in [5, 5.41) is 33.1. The lowest BCUT2D eigenvalue weighted by Crippen LogP contribution is -1.97. The van der Waals surface area contributed by atoms with E-state index in [1.807, 2.05) is 43.3 Å². The van der Waals surface area contributed by atoms with E-state index in [0.29, 0.717) is 33.9 Å². The molecule has 8 heteroatoms. The van der Waals surface area contributed by atoms with Gasteiger partial charge in [0, 0.05) is 16.3 Å². The smallest absolute Gasteiger partial charge is 0.173 e. The van der Waals surface area contributed by atoms with Crippen LogP contribution < -0.4 is 4.74 Å². The largest absolute Gasteiger partial charge is 0.504 e. The highest BCUT2D eigenvalue weighted by atomic mass is 79.9. The number of halogens is 1. The fraction of sp³-hybridized carbons (Fsp3) is 0.143. The zero-order chi connectivity index (χ0) is 20.8. The Balaban J connectivity index is 2.13. The van der Waals surface area contributed by atoms with Gasteiger partial charge >= 0.3 is 0 Å². The molecule has 0 saturated heterocycles. The van der Waals surface area contributed by atoms with Gasteiger partial charge in [-0.25, -0.2) is 9.67 Å². The summed E-state index contributed by atoms with van der Waals surface area (Å²) in [5.41, 5.74) is 1.98. The molecular weight excluding hydrogens is 434 g/mol. The van der Waals surface area contributed by atoms with E-state index in [2.05, 4.69) is 32.1 Å². The van der Waals surface area contributed by atoms with Crippen molar-refractivity contribution in [3.63, 3.8) is 0 Å². The molecule has 0 atom stereocenters. The number of ether oxygens (including phenoxy) is 1. The van der Waals surface area contributed by atoms with Crippen LogP contribution in [0, 0.1) is 22.7 Å². The second-order valence-electron chi connectivity index (χ2n) is 5.87. The number of phenols is 1. The molecule has 1 aromatic heterocycles. The van der Waals surface area contributed by atoms with E-state index >= 15 is 0 Å². The highest BCUT2D eigenvalue weighted by molar-refractivity contribution is 9.10. The summed E-state index contributed by atoms with van der Waals surface area (Å²) in [4.78, 5) is 4.49. The first-order valence-electron chi connectivity index (χ1n) is 8.72. The lowest BCUT2D eigenvalue weighted by atomic mass is 10.2. The van der Waals surface area contributed by atoms with Gasteiger partial charge in [-0.1, -0.05) is 18.2 Å². The number of benzene rings is 2. The van der Waals surface area contributed by atoms with Crippen LogP contribution in [-0.2, 0) is 6.42 Å². The second kappa shape index (κ2) is 9.05. The molecular formula is C21H16BrN5O2. The molecule has 0 saturated carbocycles. The molecule has 0 amide bonds. The van der Waals surface area contributed by atoms with E-state index < -0.39 is 0 Å². The minimum atomic E-state index is 0.00262. The van der Waals surface area contributed by atoms with Gasteiger partial charge in [0.2, 0.25) is 0 Å². The third-order valence-electron chi connectivity index (χ3n) is 4.00. The van der Waals surface area contributed by atoms with Gasteiger partial charge < -0.3 is 9.84 Å². The van der Waals surface area contributed by atoms with Crippen molar-refractivity contribution >= 4 is 28.0 Å². The molecule has 29 heavy (non-hydrogen) atoms. The van der Waals surface area contributed by atoms with Crippen molar-refractivity contribution < 1.29 is 9.84 Å². The standard InChI is InChI=1S/C21H16BrN5O2/c1-2-29-20-10-14(17(22)11-19(20)28)13-25-21-16(12-24)18(8-9-23)26-27(21)15-6-4-3-5-7-15/h3-7,10-11,13,28H,2,8H2,1H3/b25-13+. The zero-order valence-corrected chi connectivity index (χ0v) is 17.1. The van der Waals surface area contributed by atoms with Gasteiger partial charge in [-0.3, -0.25) is 0 Å². The Morgan fingerprint density at radius 2 is 2.03 bits per heavy atom. The molecule has 0 fully saturated rings. The Morgan fingerprint density at radius 3 is 2.69 bits per heavy atom. The number of aliphatic imine (C=N–C) groups is 1. The molecule has 3 aromatic rings. The Morgan fingerprint density at radius 1 is 1.28 bits per heavy atom. The normalized spacial score (nSPS) is 10.6. The Bertz CT molecular complexity index is 1140. The van der Waals surface area contributed by atoms with Gasteiger partial charge in [0.15, 0.2) is 17.3 Å². The third kappa shape index (κ3) is 4.29. The molecule has 1 heterocycles. The molecule has 0 aliphatic rings. The number of para-hydroxylation sites is 1. The first-order chi connectivity index (χ1) is 14.1. The Labute approximate surface area is 176 Å². The van der Waals surface area contributed by atoms with E-state index in [9.17, 15) is 10.4 Å². The highest BCUT2D eigenvalue weighted by Gasteiger charge is 2.18. The average Bonchev–Trinajstić information content (AvgIpc) is 3.07. The first kappa shape index (κ1) is 20.1. The topological polar surface area (TPSA) is 107 Å². The molecule has 0 spiro atoms. The van der Waals surface area contributed by atoms with Crippen LogP contribution in [0.5, 0.6) is 11.5 Å². The van der Waals surface area contributed by atoms with Crippen molar-refractivity contribution in [3.05, 3.63) is 63.8 Å². The van der Waals surface area contributed by atoms with Gasteiger partial charge in [-0.15, -0.1) is 0 Å². The van der Waals surface area contributed by atoms with Crippen molar-refractivity contribution in [1.29, 1.82) is 10.5 Å². The molecule has 0 aliphatic carbocycles. The number of aromatic nitrogens is 2. The maximum absolute atomic E-state index is 9.98. The predicted molar refractivity (Wildman–Crippen MR) is 112 cm³/mol. The number of hydrogen-bond acceptors (Lipinski definition) is 6. The fourth-order valence-corrected chi connectivity index (χ4v) is 3.13. The van der Waals surface area contributed by atoms with Gasteiger partial charge in [0.1, 0.15) is 11.6 Å². The zero-order valence-electron chi connectivity index (χ0n) is 15.5. The van der Waals surface area contributed by atoms with Crippen LogP contribution in [0.15, 0.2) is 51.9 Å². The van der Waals surface area contributed by atoms with E-state index in [1.165, 1.54) is 6.07 Å². The van der Waals surface area contributed by atoms with Crippen molar-refractivity contribution in [2.75, 3.05) is 6.61 Å². The number of rotatable bonds is 6. The lowest BCUT2D eigenvalue weighted by Gasteiger charge is -2.08. The van der Waals surface area contributed by atoms with Gasteiger partial charge in [0.25, 0.3) is 0 Å². The molecule has 3 rings (SSSR count). The molecule has 0 aliphatic heterocycles. The number of hydrogen-bond donors (Lipinski definition) is 1. The van der Waals surface area contributed by atoms with Crippen LogP contribution >= 0.6 is 15.9 Å². The molecule has 0 unspecified atom stereocenters. The summed E-state index contributed by atoms with van der Waals surface area (Å²) < 4.78 is 7.58. The minimum Gasteiger partial charge on any atom is -0.504 e. The van der Waals surface area contributed by atoms with Crippen molar-refractivity contribution in [2.45, 2.75) is 13.3 Å². The van der Waals surface area contributed by atoms with E-state index in [1.54, 1.807) is 17.0 Å². The van der Waals surface area contributed by atoms with Gasteiger partial charge in [-0.2, -0.15) is 15.6 Å². The number of nitriles is 2. The summed E-state index contributed by atoms with van der Waals surface area (Å²) in [5.74, 6) is 0.667. The van der Waals surface area contributed by atoms with Gasteiger partial charge in [-0.05, 0) is 47.1 Å². The predicted octanol–water partition coefficient (Wildman–Crippen LogP) is 4.43. The first-order valence-corrected chi connectivity index (χ1v) is 9.52. The monoisotopic (exact) mass is 449 g/mol. The van der Waals surface area contributed by atoms with Crippen LogP contribution in [0.2, 0.25) is 0 Å². The number of nitrogens with zero attached hydrogens (tertiary/aromatic N) is 5. The molecule has 7 nitrogen and oxygen atoms in total. The SMILES string of the molecule is CCOc1cc(/C=N/c2c(C#N)c(CC#N)nn2-c2ccccc2)c(Br)cc1O. The molecule has 0 radical (unpaired) electrons. The summed E-state index contributed by atoms with van der Waals surface area (Å²) in [6.07, 6.45) is 1.56. The third-order valence-corrected chi connectivity index (χ3v) is 4.68. The Hall–Kier alpha value is -3.62. The van der Waals surface area contributed by atoms with Crippen LogP contribution in [0.1, 0.15) is 23.7 Å². The van der Waals surface area contributed by atoms with Crippen LogP contribution in [0.4, 0.5) is 5.82 Å². The summed E-state index contributed by atoms with van der Waals surface area (Å²) >= 11 is 3.40. The minimum absolute atomic E-state index is 0.00262. The second-order valence-corrected chi connectivity index (χ2v) is 6.73. The Kier molecular flexibility index (Phi) is 6.28. The highest BCUT2D eigenvalue weighted by Crippen LogP contribution is 2.33. The van der Waals surface area contributed by atoms with Crippen molar-refractivity contribution in [1.82, 2.24) is 9.78 Å². The summed E-state index contributed by atoms with van der Waals surface area (Å²) in [6.45, 7) is 2.23.